The van der Waals surface area contributed by atoms with Gasteiger partial charge in [0.2, 0.25) is 0 Å². The van der Waals surface area contributed by atoms with Gasteiger partial charge in [-0.2, -0.15) is 5.10 Å². The highest BCUT2D eigenvalue weighted by Gasteiger charge is 2.24. The van der Waals surface area contributed by atoms with E-state index in [1.165, 1.54) is 12.1 Å². The van der Waals surface area contributed by atoms with E-state index >= 15 is 0 Å². The van der Waals surface area contributed by atoms with Crippen molar-refractivity contribution < 1.29 is 9.18 Å². The van der Waals surface area contributed by atoms with Crippen LogP contribution in [0.2, 0.25) is 0 Å². The largest absolute Gasteiger partial charge is 0.378 e. The van der Waals surface area contributed by atoms with E-state index in [0.717, 1.165) is 23.0 Å². The molecule has 1 fully saturated rings. The number of carbonyl (C=O) groups is 1. The zero-order valence-electron chi connectivity index (χ0n) is 14.3. The third-order valence-electron chi connectivity index (χ3n) is 3.61. The number of rotatable bonds is 4. The first-order valence-corrected chi connectivity index (χ1v) is 8.68. The first kappa shape index (κ1) is 17.9. The van der Waals surface area contributed by atoms with E-state index in [-0.39, 0.29) is 11.7 Å². The number of halogens is 1. The number of nitrogens with zero attached hydrogens (tertiary/aromatic N) is 3. The monoisotopic (exact) mass is 368 g/mol. The van der Waals surface area contributed by atoms with Crippen LogP contribution in [-0.4, -0.2) is 31.4 Å². The molecule has 0 bridgehead atoms. The van der Waals surface area contributed by atoms with Crippen molar-refractivity contribution >= 4 is 40.8 Å². The van der Waals surface area contributed by atoms with E-state index in [1.54, 1.807) is 24.4 Å². The standard InChI is InChI=1S/C19H17FN4OS/c1-24(2)15-9-7-13(8-10-15)12-21-23-19-22-18(25)17(26-19)11-14-5-3-4-6-16(14)20/h3-12H,1-2H3,(H,22,23,25)/b17-11+,21-12+. The number of benzene rings is 2. The molecular weight excluding hydrogens is 351 g/mol. The maximum atomic E-state index is 13.7. The highest BCUT2D eigenvalue weighted by molar-refractivity contribution is 8.18. The minimum Gasteiger partial charge on any atom is -0.378 e. The van der Waals surface area contributed by atoms with Crippen molar-refractivity contribution in [3.63, 3.8) is 0 Å². The van der Waals surface area contributed by atoms with E-state index in [2.05, 4.69) is 15.5 Å². The fourth-order valence-electron chi connectivity index (χ4n) is 2.22. The topological polar surface area (TPSA) is 57.1 Å². The minimum atomic E-state index is -0.377. The number of amidine groups is 1. The van der Waals surface area contributed by atoms with Gasteiger partial charge in [0.05, 0.1) is 11.1 Å². The average molecular weight is 368 g/mol. The molecule has 1 aliphatic heterocycles. The lowest BCUT2D eigenvalue weighted by Crippen LogP contribution is -2.19. The Morgan fingerprint density at radius 1 is 1.12 bits per heavy atom. The number of hydrogen-bond donors (Lipinski definition) is 1. The van der Waals surface area contributed by atoms with Gasteiger partial charge in [0.1, 0.15) is 5.82 Å². The van der Waals surface area contributed by atoms with Crippen LogP contribution in [0, 0.1) is 5.82 Å². The minimum absolute atomic E-state index is 0.317. The Balaban J connectivity index is 1.69. The molecular formula is C19H17FN4OS. The molecule has 0 spiro atoms. The maximum absolute atomic E-state index is 13.7. The number of nitrogens with one attached hydrogen (secondary N) is 1. The number of amides is 1. The molecule has 5 nitrogen and oxygen atoms in total. The summed E-state index contributed by atoms with van der Waals surface area (Å²) in [5, 5.41) is 11.0. The Morgan fingerprint density at radius 3 is 2.54 bits per heavy atom. The second-order valence-electron chi connectivity index (χ2n) is 5.72. The molecule has 132 valence electrons. The third-order valence-corrected chi connectivity index (χ3v) is 4.51. The molecule has 26 heavy (non-hydrogen) atoms. The maximum Gasteiger partial charge on any atom is 0.264 e. The zero-order valence-corrected chi connectivity index (χ0v) is 15.1. The summed E-state index contributed by atoms with van der Waals surface area (Å²) in [4.78, 5) is 14.4. The van der Waals surface area contributed by atoms with Crippen LogP contribution in [0.1, 0.15) is 11.1 Å². The van der Waals surface area contributed by atoms with Crippen molar-refractivity contribution in [2.75, 3.05) is 19.0 Å². The highest BCUT2D eigenvalue weighted by atomic mass is 32.2. The van der Waals surface area contributed by atoms with Gasteiger partial charge in [-0.1, -0.05) is 30.3 Å². The number of anilines is 1. The summed E-state index contributed by atoms with van der Waals surface area (Å²) >= 11 is 1.13. The van der Waals surface area contributed by atoms with Crippen LogP contribution in [0.4, 0.5) is 10.1 Å². The van der Waals surface area contributed by atoms with Gasteiger partial charge in [0.25, 0.3) is 5.91 Å². The summed E-state index contributed by atoms with van der Waals surface area (Å²) < 4.78 is 13.7. The van der Waals surface area contributed by atoms with E-state index in [1.807, 2.05) is 43.3 Å². The fourth-order valence-corrected chi connectivity index (χ4v) is 2.98. The summed E-state index contributed by atoms with van der Waals surface area (Å²) in [6, 6.07) is 14.1. The van der Waals surface area contributed by atoms with Gasteiger partial charge in [-0.05, 0) is 41.6 Å². The van der Waals surface area contributed by atoms with Crippen LogP contribution >= 0.6 is 11.8 Å². The zero-order chi connectivity index (χ0) is 18.5. The molecule has 1 N–H and O–H groups in total. The lowest BCUT2D eigenvalue weighted by Gasteiger charge is -2.11. The van der Waals surface area contributed by atoms with Crippen LogP contribution in [0.15, 0.2) is 63.6 Å². The van der Waals surface area contributed by atoms with Gasteiger partial charge >= 0.3 is 0 Å². The fraction of sp³-hybridized carbons (Fsp3) is 0.105. The van der Waals surface area contributed by atoms with Crippen molar-refractivity contribution in [1.29, 1.82) is 0 Å². The number of hydrogen-bond acceptors (Lipinski definition) is 5. The average Bonchev–Trinajstić information content (AvgIpc) is 2.97. The Bertz CT molecular complexity index is 904. The van der Waals surface area contributed by atoms with E-state index in [9.17, 15) is 9.18 Å². The summed E-state index contributed by atoms with van der Waals surface area (Å²) in [6.07, 6.45) is 3.11. The molecule has 1 aliphatic rings. The third kappa shape index (κ3) is 4.37. The van der Waals surface area contributed by atoms with Gasteiger partial charge in [-0.3, -0.25) is 10.1 Å². The predicted molar refractivity (Wildman–Crippen MR) is 106 cm³/mol. The summed E-state index contributed by atoms with van der Waals surface area (Å²) in [5.74, 6) is -0.694. The normalized spacial score (nSPS) is 17.3. The van der Waals surface area contributed by atoms with Gasteiger partial charge < -0.3 is 4.90 Å². The predicted octanol–water partition coefficient (Wildman–Crippen LogP) is 3.49. The molecule has 1 heterocycles. The Hall–Kier alpha value is -2.93. The first-order valence-electron chi connectivity index (χ1n) is 7.87. The molecule has 0 unspecified atom stereocenters. The molecule has 0 atom stereocenters. The smallest absolute Gasteiger partial charge is 0.264 e. The summed E-state index contributed by atoms with van der Waals surface area (Å²) in [6.45, 7) is 0. The van der Waals surface area contributed by atoms with Gasteiger partial charge in [0, 0.05) is 25.3 Å². The molecule has 1 amide bonds. The van der Waals surface area contributed by atoms with E-state index in [0.29, 0.717) is 15.6 Å². The second kappa shape index (κ2) is 7.97. The molecule has 0 aromatic heterocycles. The van der Waals surface area contributed by atoms with E-state index in [4.69, 9.17) is 0 Å². The van der Waals surface area contributed by atoms with Crippen molar-refractivity contribution in [2.24, 2.45) is 10.2 Å². The molecule has 0 radical (unpaired) electrons. The van der Waals surface area contributed by atoms with Gasteiger partial charge in [-0.25, -0.2) is 4.39 Å². The van der Waals surface area contributed by atoms with Gasteiger partial charge in [0.15, 0.2) is 5.17 Å². The SMILES string of the molecule is CN(C)c1ccc(/C=N/N=C2\NC(=O)/C(=C\c3ccccc3F)S2)cc1. The lowest BCUT2D eigenvalue weighted by molar-refractivity contribution is -0.115. The van der Waals surface area contributed by atoms with Crippen LogP contribution < -0.4 is 10.2 Å². The molecule has 1 saturated heterocycles. The van der Waals surface area contributed by atoms with Crippen molar-refractivity contribution in [3.8, 4) is 0 Å². The lowest BCUT2D eigenvalue weighted by atomic mass is 10.2. The number of thioether (sulfide) groups is 1. The Labute approximate surface area is 155 Å². The highest BCUT2D eigenvalue weighted by Crippen LogP contribution is 2.26. The number of carbonyl (C=O) groups excluding carboxylic acids is 1. The summed E-state index contributed by atoms with van der Waals surface area (Å²) in [7, 11) is 3.95. The van der Waals surface area contributed by atoms with Crippen molar-refractivity contribution in [2.45, 2.75) is 0 Å². The molecule has 0 aliphatic carbocycles. The van der Waals surface area contributed by atoms with Gasteiger partial charge in [-0.15, -0.1) is 5.10 Å². The van der Waals surface area contributed by atoms with Crippen molar-refractivity contribution in [1.82, 2.24) is 5.32 Å². The quantitative estimate of drug-likeness (QED) is 0.511. The molecule has 2 aromatic carbocycles. The molecule has 0 saturated carbocycles. The Morgan fingerprint density at radius 2 is 1.85 bits per heavy atom. The van der Waals surface area contributed by atoms with Crippen LogP contribution in [-0.2, 0) is 4.79 Å². The Kier molecular flexibility index (Phi) is 5.48. The molecule has 7 heteroatoms. The van der Waals surface area contributed by atoms with Crippen LogP contribution in [0.5, 0.6) is 0 Å². The van der Waals surface area contributed by atoms with Crippen LogP contribution in [0.25, 0.3) is 6.08 Å². The van der Waals surface area contributed by atoms with Crippen molar-refractivity contribution in [3.05, 3.63) is 70.4 Å². The second-order valence-corrected chi connectivity index (χ2v) is 6.75. The van der Waals surface area contributed by atoms with Crippen LogP contribution in [0.3, 0.4) is 0 Å². The van der Waals surface area contributed by atoms with E-state index < -0.39 is 0 Å². The molecule has 2 aromatic rings. The molecule has 3 rings (SSSR count). The first-order chi connectivity index (χ1) is 12.5. The summed E-state index contributed by atoms with van der Waals surface area (Å²) in [5.41, 5.74) is 2.35.